The molecule has 5 heteroatoms. The summed E-state index contributed by atoms with van der Waals surface area (Å²) in [4.78, 5) is 25.3. The molecule has 5 nitrogen and oxygen atoms in total. The average Bonchev–Trinajstić information content (AvgIpc) is 2.66. The smallest absolute Gasteiger partial charge is 0.347 e. The first-order chi connectivity index (χ1) is 13.3. The van der Waals surface area contributed by atoms with E-state index >= 15 is 0 Å². The number of esters is 1. The van der Waals surface area contributed by atoms with Crippen molar-refractivity contribution in [2.75, 3.05) is 6.61 Å². The highest BCUT2D eigenvalue weighted by Crippen LogP contribution is 2.32. The van der Waals surface area contributed by atoms with Crippen LogP contribution in [0.2, 0.25) is 0 Å². The van der Waals surface area contributed by atoms with Crippen LogP contribution in [-0.2, 0) is 9.53 Å². The third kappa shape index (κ3) is 3.79. The highest BCUT2D eigenvalue weighted by molar-refractivity contribution is 5.84. The maximum atomic E-state index is 13.2. The van der Waals surface area contributed by atoms with Crippen LogP contribution in [0, 0.1) is 20.8 Å². The molecule has 28 heavy (non-hydrogen) atoms. The van der Waals surface area contributed by atoms with Crippen molar-refractivity contribution in [3.05, 3.63) is 63.3 Å². The van der Waals surface area contributed by atoms with Crippen LogP contribution in [0.25, 0.3) is 22.3 Å². The minimum atomic E-state index is -0.934. The number of rotatable bonds is 5. The van der Waals surface area contributed by atoms with E-state index in [2.05, 4.69) is 0 Å². The molecule has 0 unspecified atom stereocenters. The van der Waals surface area contributed by atoms with Gasteiger partial charge < -0.3 is 13.9 Å². The molecule has 146 valence electrons. The van der Waals surface area contributed by atoms with Crippen molar-refractivity contribution in [3.63, 3.8) is 0 Å². The van der Waals surface area contributed by atoms with Gasteiger partial charge in [0.1, 0.15) is 5.58 Å². The molecule has 1 atom stereocenters. The van der Waals surface area contributed by atoms with Gasteiger partial charge in [0.15, 0.2) is 11.9 Å². The standard InChI is InChI=1S/C23H24O5/c1-6-26-23(25)16(5)27-22-20(24)18-11-14(3)15(4)12-19(18)28-21(22)17-9-7-13(2)8-10-17/h7-12,16H,6H2,1-5H3/t16-/m0/s1. The maximum absolute atomic E-state index is 13.2. The lowest BCUT2D eigenvalue weighted by molar-refractivity contribution is -0.150. The molecule has 0 radical (unpaired) electrons. The van der Waals surface area contributed by atoms with Crippen LogP contribution in [-0.4, -0.2) is 18.7 Å². The molecule has 0 saturated heterocycles. The first-order valence-electron chi connectivity index (χ1n) is 9.30. The van der Waals surface area contributed by atoms with Gasteiger partial charge in [-0.1, -0.05) is 29.8 Å². The topological polar surface area (TPSA) is 65.7 Å². The Labute approximate surface area is 163 Å². The van der Waals surface area contributed by atoms with Gasteiger partial charge in [0.2, 0.25) is 11.2 Å². The fraction of sp³-hybridized carbons (Fsp3) is 0.304. The van der Waals surface area contributed by atoms with Gasteiger partial charge in [-0.25, -0.2) is 4.79 Å². The normalized spacial score (nSPS) is 12.0. The summed E-state index contributed by atoms with van der Waals surface area (Å²) in [7, 11) is 0. The van der Waals surface area contributed by atoms with Crippen LogP contribution in [0.4, 0.5) is 0 Å². The van der Waals surface area contributed by atoms with E-state index in [-0.39, 0.29) is 17.8 Å². The summed E-state index contributed by atoms with van der Waals surface area (Å²) >= 11 is 0. The molecule has 1 aromatic heterocycles. The molecular weight excluding hydrogens is 356 g/mol. The van der Waals surface area contributed by atoms with Crippen molar-refractivity contribution < 1.29 is 18.7 Å². The van der Waals surface area contributed by atoms with E-state index < -0.39 is 12.1 Å². The van der Waals surface area contributed by atoms with E-state index in [0.717, 1.165) is 16.7 Å². The van der Waals surface area contributed by atoms with E-state index in [4.69, 9.17) is 13.9 Å². The Bertz CT molecular complexity index is 1080. The predicted octanol–water partition coefficient (Wildman–Crippen LogP) is 4.72. The van der Waals surface area contributed by atoms with E-state index in [0.29, 0.717) is 22.3 Å². The zero-order valence-electron chi connectivity index (χ0n) is 16.8. The number of carbonyl (C=O) groups is 1. The van der Waals surface area contributed by atoms with E-state index in [1.807, 2.05) is 51.1 Å². The van der Waals surface area contributed by atoms with Gasteiger partial charge in [-0.3, -0.25) is 4.79 Å². The Hall–Kier alpha value is -3.08. The average molecular weight is 380 g/mol. The summed E-state index contributed by atoms with van der Waals surface area (Å²) in [6, 6.07) is 11.2. The number of hydrogen-bond acceptors (Lipinski definition) is 5. The molecule has 1 heterocycles. The molecular formula is C23H24O5. The highest BCUT2D eigenvalue weighted by atomic mass is 16.6. The van der Waals surface area contributed by atoms with Gasteiger partial charge in [0.25, 0.3) is 0 Å². The van der Waals surface area contributed by atoms with Gasteiger partial charge in [-0.15, -0.1) is 0 Å². The van der Waals surface area contributed by atoms with Crippen molar-refractivity contribution in [1.82, 2.24) is 0 Å². The lowest BCUT2D eigenvalue weighted by Gasteiger charge is -2.16. The Morgan fingerprint density at radius 3 is 2.36 bits per heavy atom. The molecule has 0 spiro atoms. The van der Waals surface area contributed by atoms with Crippen molar-refractivity contribution >= 4 is 16.9 Å². The molecule has 0 saturated carbocycles. The summed E-state index contributed by atoms with van der Waals surface area (Å²) in [5.74, 6) is -0.214. The Morgan fingerprint density at radius 2 is 1.71 bits per heavy atom. The van der Waals surface area contributed by atoms with Crippen LogP contribution >= 0.6 is 0 Å². The SMILES string of the molecule is CCOC(=O)[C@H](C)Oc1c(-c2ccc(C)cc2)oc2cc(C)c(C)cc2c1=O. The second-order valence-corrected chi connectivity index (χ2v) is 6.90. The van der Waals surface area contributed by atoms with Crippen molar-refractivity contribution in [1.29, 1.82) is 0 Å². The Morgan fingerprint density at radius 1 is 1.07 bits per heavy atom. The van der Waals surface area contributed by atoms with Gasteiger partial charge >= 0.3 is 5.97 Å². The molecule has 0 N–H and O–H groups in total. The first-order valence-corrected chi connectivity index (χ1v) is 9.30. The molecule has 0 aliphatic rings. The fourth-order valence-corrected chi connectivity index (χ4v) is 2.92. The molecule has 0 aliphatic heterocycles. The highest BCUT2D eigenvalue weighted by Gasteiger charge is 2.24. The quantitative estimate of drug-likeness (QED) is 0.600. The summed E-state index contributed by atoms with van der Waals surface area (Å²) in [5.41, 5.74) is 3.97. The number of fused-ring (bicyclic) bond motifs is 1. The minimum Gasteiger partial charge on any atom is -0.471 e. The third-order valence-electron chi connectivity index (χ3n) is 4.69. The largest absolute Gasteiger partial charge is 0.471 e. The van der Waals surface area contributed by atoms with Gasteiger partial charge in [0.05, 0.1) is 12.0 Å². The molecule has 0 amide bonds. The van der Waals surface area contributed by atoms with Crippen molar-refractivity contribution in [2.24, 2.45) is 0 Å². The van der Waals surface area contributed by atoms with Crippen LogP contribution < -0.4 is 10.2 Å². The summed E-state index contributed by atoms with van der Waals surface area (Å²) in [5, 5.41) is 0.421. The predicted molar refractivity (Wildman–Crippen MR) is 109 cm³/mol. The maximum Gasteiger partial charge on any atom is 0.347 e. The number of benzene rings is 2. The van der Waals surface area contributed by atoms with Crippen LogP contribution in [0.1, 0.15) is 30.5 Å². The van der Waals surface area contributed by atoms with Crippen LogP contribution in [0.5, 0.6) is 5.75 Å². The zero-order chi connectivity index (χ0) is 20.4. The molecule has 3 rings (SSSR count). The van der Waals surface area contributed by atoms with E-state index in [1.54, 1.807) is 19.9 Å². The van der Waals surface area contributed by atoms with Crippen molar-refractivity contribution in [3.8, 4) is 17.1 Å². The van der Waals surface area contributed by atoms with Gasteiger partial charge in [-0.2, -0.15) is 0 Å². The molecule has 0 aliphatic carbocycles. The second kappa shape index (κ2) is 7.89. The molecule has 0 bridgehead atoms. The second-order valence-electron chi connectivity index (χ2n) is 6.90. The number of hydrogen-bond donors (Lipinski definition) is 0. The molecule has 2 aromatic carbocycles. The minimum absolute atomic E-state index is 0.0140. The zero-order valence-corrected chi connectivity index (χ0v) is 16.8. The Kier molecular flexibility index (Phi) is 5.54. The summed E-state index contributed by atoms with van der Waals surface area (Å²) in [6.07, 6.45) is -0.934. The molecule has 0 fully saturated rings. The molecule has 3 aromatic rings. The van der Waals surface area contributed by atoms with Gasteiger partial charge in [0, 0.05) is 5.56 Å². The lowest BCUT2D eigenvalue weighted by Crippen LogP contribution is -2.28. The monoisotopic (exact) mass is 380 g/mol. The van der Waals surface area contributed by atoms with E-state index in [1.165, 1.54) is 0 Å². The Balaban J connectivity index is 2.23. The summed E-state index contributed by atoms with van der Waals surface area (Å²) in [6.45, 7) is 9.39. The first kappa shape index (κ1) is 19.7. The number of carbonyl (C=O) groups excluding carboxylic acids is 1. The van der Waals surface area contributed by atoms with E-state index in [9.17, 15) is 9.59 Å². The fourth-order valence-electron chi connectivity index (χ4n) is 2.92. The van der Waals surface area contributed by atoms with Crippen LogP contribution in [0.15, 0.2) is 45.6 Å². The van der Waals surface area contributed by atoms with Crippen LogP contribution in [0.3, 0.4) is 0 Å². The number of aryl methyl sites for hydroxylation is 3. The summed E-state index contributed by atoms with van der Waals surface area (Å²) < 4.78 is 16.9. The lowest BCUT2D eigenvalue weighted by atomic mass is 10.0. The third-order valence-corrected chi connectivity index (χ3v) is 4.69. The van der Waals surface area contributed by atoms with Gasteiger partial charge in [-0.05, 0) is 57.9 Å². The number of ether oxygens (including phenoxy) is 2. The van der Waals surface area contributed by atoms with Crippen molar-refractivity contribution in [2.45, 2.75) is 40.7 Å².